The average Bonchev–Trinajstić information content (AvgIpc) is 2.06. The molecule has 2 nitrogen and oxygen atoms in total. The second-order valence-electron chi connectivity index (χ2n) is 3.82. The fraction of sp³-hybridized carbons (Fsp3) is 1.00. The van der Waals surface area contributed by atoms with Gasteiger partial charge in [0.05, 0.1) is 6.10 Å². The lowest BCUT2D eigenvalue weighted by atomic mass is 9.99. The van der Waals surface area contributed by atoms with Gasteiger partial charge in [-0.25, -0.2) is 8.78 Å². The van der Waals surface area contributed by atoms with Gasteiger partial charge in [-0.1, -0.05) is 0 Å². The van der Waals surface area contributed by atoms with Gasteiger partial charge in [-0.05, 0) is 14.0 Å². The minimum atomic E-state index is -2.66. The molecule has 0 aromatic carbocycles. The van der Waals surface area contributed by atoms with Gasteiger partial charge >= 0.3 is 0 Å². The van der Waals surface area contributed by atoms with Crippen LogP contribution in [0.5, 0.6) is 0 Å². The minimum absolute atomic E-state index is 0.210. The molecular formula is C8H15F2NO. The van der Waals surface area contributed by atoms with Gasteiger partial charge in [0.1, 0.15) is 0 Å². The van der Waals surface area contributed by atoms with Gasteiger partial charge in [0.2, 0.25) is 5.92 Å². The van der Waals surface area contributed by atoms with Crippen molar-refractivity contribution in [1.82, 2.24) is 4.90 Å². The largest absolute Gasteiger partial charge is 0.391 e. The fourth-order valence-electron chi connectivity index (χ4n) is 1.73. The number of likely N-dealkylation sites (N-methyl/N-ethyl adjacent to an activating group) is 1. The Morgan fingerprint density at radius 3 is 2.42 bits per heavy atom. The Morgan fingerprint density at radius 2 is 2.08 bits per heavy atom. The molecule has 1 saturated heterocycles. The molecule has 0 spiro atoms. The van der Waals surface area contributed by atoms with Crippen molar-refractivity contribution in [3.8, 4) is 0 Å². The van der Waals surface area contributed by atoms with Crippen LogP contribution < -0.4 is 0 Å². The molecule has 0 amide bonds. The third-order valence-corrected chi connectivity index (χ3v) is 2.21. The van der Waals surface area contributed by atoms with Crippen LogP contribution in [0.3, 0.4) is 0 Å². The van der Waals surface area contributed by atoms with Crippen LogP contribution in [0.4, 0.5) is 8.78 Å². The van der Waals surface area contributed by atoms with Crippen LogP contribution in [0.2, 0.25) is 0 Å². The van der Waals surface area contributed by atoms with Crippen molar-refractivity contribution in [2.75, 3.05) is 20.1 Å². The van der Waals surface area contributed by atoms with Crippen molar-refractivity contribution < 1.29 is 13.9 Å². The molecule has 0 bridgehead atoms. The molecule has 0 aromatic rings. The molecule has 1 heterocycles. The minimum Gasteiger partial charge on any atom is -0.391 e. The summed E-state index contributed by atoms with van der Waals surface area (Å²) < 4.78 is 25.1. The number of nitrogens with zero attached hydrogens (tertiary/aromatic N) is 1. The van der Waals surface area contributed by atoms with E-state index in [1.165, 1.54) is 0 Å². The van der Waals surface area contributed by atoms with Crippen molar-refractivity contribution in [3.05, 3.63) is 0 Å². The number of rotatable bonds is 2. The zero-order valence-corrected chi connectivity index (χ0v) is 7.43. The van der Waals surface area contributed by atoms with Crippen LogP contribution in [-0.4, -0.2) is 42.2 Å². The van der Waals surface area contributed by atoms with E-state index in [2.05, 4.69) is 0 Å². The number of hydrogen-bond acceptors (Lipinski definition) is 2. The molecule has 2 unspecified atom stereocenters. The molecule has 1 N–H and O–H groups in total. The highest BCUT2D eigenvalue weighted by Crippen LogP contribution is 2.28. The Bertz CT molecular complexity index is 158. The zero-order valence-electron chi connectivity index (χ0n) is 7.43. The van der Waals surface area contributed by atoms with E-state index in [9.17, 15) is 13.9 Å². The molecule has 1 fully saturated rings. The molecule has 72 valence electrons. The van der Waals surface area contributed by atoms with Crippen LogP contribution in [0, 0.1) is 5.92 Å². The Balaban J connectivity index is 2.43. The first-order valence-corrected chi connectivity index (χ1v) is 4.13. The van der Waals surface area contributed by atoms with Crippen molar-refractivity contribution >= 4 is 0 Å². The molecule has 1 rings (SSSR count). The maximum absolute atomic E-state index is 12.5. The normalized spacial score (nSPS) is 32.8. The Kier molecular flexibility index (Phi) is 2.68. The van der Waals surface area contributed by atoms with E-state index >= 15 is 0 Å². The molecule has 2 atom stereocenters. The van der Waals surface area contributed by atoms with Gasteiger partial charge < -0.3 is 10.0 Å². The molecule has 1 aliphatic heterocycles. The molecule has 1 aliphatic rings. The summed E-state index contributed by atoms with van der Waals surface area (Å²) in [6, 6.07) is 0. The number of hydrogen-bond donors (Lipinski definition) is 1. The standard InChI is InChI=1S/C8H15F2NO/c1-8(9,10)3-6-4-11(2)5-7(6)12/h6-7,12H,3-5H2,1-2H3. The monoisotopic (exact) mass is 179 g/mol. The molecule has 0 saturated carbocycles. The van der Waals surface area contributed by atoms with Crippen LogP contribution >= 0.6 is 0 Å². The highest BCUT2D eigenvalue weighted by atomic mass is 19.3. The first-order valence-electron chi connectivity index (χ1n) is 4.13. The smallest absolute Gasteiger partial charge is 0.245 e. The van der Waals surface area contributed by atoms with E-state index in [-0.39, 0.29) is 12.3 Å². The predicted octanol–water partition coefficient (Wildman–Crippen LogP) is 0.954. The lowest BCUT2D eigenvalue weighted by molar-refractivity contribution is -0.0179. The predicted molar refractivity (Wildman–Crippen MR) is 42.2 cm³/mol. The fourth-order valence-corrected chi connectivity index (χ4v) is 1.73. The topological polar surface area (TPSA) is 23.5 Å². The van der Waals surface area contributed by atoms with Crippen molar-refractivity contribution in [3.63, 3.8) is 0 Å². The number of alkyl halides is 2. The van der Waals surface area contributed by atoms with Gasteiger partial charge in [0, 0.05) is 25.4 Å². The van der Waals surface area contributed by atoms with Gasteiger partial charge in [-0.15, -0.1) is 0 Å². The highest BCUT2D eigenvalue weighted by molar-refractivity contribution is 4.84. The quantitative estimate of drug-likeness (QED) is 0.682. The average molecular weight is 179 g/mol. The lowest BCUT2D eigenvalue weighted by Gasteiger charge is -2.17. The second kappa shape index (κ2) is 3.26. The van der Waals surface area contributed by atoms with E-state index in [0.717, 1.165) is 6.92 Å². The molecule has 0 aliphatic carbocycles. The van der Waals surface area contributed by atoms with E-state index in [0.29, 0.717) is 13.1 Å². The number of aliphatic hydroxyl groups excluding tert-OH is 1. The molecule has 0 radical (unpaired) electrons. The first kappa shape index (κ1) is 9.86. The summed E-state index contributed by atoms with van der Waals surface area (Å²) in [6.07, 6.45) is -0.792. The summed E-state index contributed by atoms with van der Waals surface area (Å²) in [5, 5.41) is 9.35. The number of aliphatic hydroxyl groups is 1. The summed E-state index contributed by atoms with van der Waals surface area (Å²) in [5.74, 6) is -2.92. The van der Waals surface area contributed by atoms with E-state index in [1.807, 2.05) is 11.9 Å². The second-order valence-corrected chi connectivity index (χ2v) is 3.82. The summed E-state index contributed by atoms with van der Waals surface area (Å²) in [4.78, 5) is 1.88. The Hall–Kier alpha value is -0.220. The van der Waals surface area contributed by atoms with E-state index in [4.69, 9.17) is 0 Å². The number of halogens is 2. The van der Waals surface area contributed by atoms with Gasteiger partial charge in [0.15, 0.2) is 0 Å². The number of likely N-dealkylation sites (tertiary alicyclic amines) is 1. The molecule has 12 heavy (non-hydrogen) atoms. The Labute approximate surface area is 71.2 Å². The first-order chi connectivity index (χ1) is 5.38. The third-order valence-electron chi connectivity index (χ3n) is 2.21. The van der Waals surface area contributed by atoms with Crippen molar-refractivity contribution in [1.29, 1.82) is 0 Å². The summed E-state index contributed by atoms with van der Waals surface area (Å²) in [7, 11) is 1.83. The SMILES string of the molecule is CN1CC(O)C(CC(C)(F)F)C1. The maximum atomic E-state index is 12.5. The number of β-amino-alcohol motifs (C(OH)–C–C–N with tert-alkyl or cyclic N) is 1. The Morgan fingerprint density at radius 1 is 1.50 bits per heavy atom. The van der Waals surface area contributed by atoms with Gasteiger partial charge in [-0.3, -0.25) is 0 Å². The third kappa shape index (κ3) is 2.68. The van der Waals surface area contributed by atoms with Crippen LogP contribution in [-0.2, 0) is 0 Å². The van der Waals surface area contributed by atoms with Gasteiger partial charge in [0.25, 0.3) is 0 Å². The summed E-state index contributed by atoms with van der Waals surface area (Å²) >= 11 is 0. The molecule has 0 aromatic heterocycles. The highest BCUT2D eigenvalue weighted by Gasteiger charge is 2.35. The van der Waals surface area contributed by atoms with Crippen LogP contribution in [0.25, 0.3) is 0 Å². The zero-order chi connectivity index (χ0) is 9.35. The van der Waals surface area contributed by atoms with Gasteiger partial charge in [-0.2, -0.15) is 0 Å². The summed E-state index contributed by atoms with van der Waals surface area (Å²) in [6.45, 7) is 1.99. The lowest BCUT2D eigenvalue weighted by Crippen LogP contribution is -2.25. The maximum Gasteiger partial charge on any atom is 0.245 e. The molecular weight excluding hydrogens is 164 g/mol. The van der Waals surface area contributed by atoms with Crippen LogP contribution in [0.1, 0.15) is 13.3 Å². The van der Waals surface area contributed by atoms with Crippen LogP contribution in [0.15, 0.2) is 0 Å². The van der Waals surface area contributed by atoms with E-state index in [1.54, 1.807) is 0 Å². The molecule has 4 heteroatoms. The summed E-state index contributed by atoms with van der Waals surface area (Å²) in [5.41, 5.74) is 0. The van der Waals surface area contributed by atoms with Crippen molar-refractivity contribution in [2.24, 2.45) is 5.92 Å². The van der Waals surface area contributed by atoms with E-state index < -0.39 is 12.0 Å². The van der Waals surface area contributed by atoms with Crippen molar-refractivity contribution in [2.45, 2.75) is 25.4 Å².